The van der Waals surface area contributed by atoms with Crippen molar-refractivity contribution in [2.45, 2.75) is 103 Å². The number of aromatic nitrogens is 3. The molecular weight excluding hydrogens is 875 g/mol. The van der Waals surface area contributed by atoms with E-state index in [9.17, 15) is 19.2 Å². The molecule has 0 unspecified atom stereocenters. The van der Waals surface area contributed by atoms with Crippen molar-refractivity contribution in [3.8, 4) is 22.5 Å². The molecule has 3 radical (unpaired) electrons. The summed E-state index contributed by atoms with van der Waals surface area (Å²) in [5, 5.41) is 6.72. The Morgan fingerprint density at radius 3 is 2.62 bits per heavy atom. The summed E-state index contributed by atoms with van der Waals surface area (Å²) in [6.45, 7) is 15.0. The predicted octanol–water partition coefficient (Wildman–Crippen LogP) is 5.04. The highest BCUT2D eigenvalue weighted by molar-refractivity contribution is 7.10. The van der Waals surface area contributed by atoms with Gasteiger partial charge in [-0.3, -0.25) is 24.4 Å². The number of likely N-dealkylation sites (N-methyl/N-ethyl adjacent to an activating group) is 2. The van der Waals surface area contributed by atoms with Gasteiger partial charge in [-0.15, -0.1) is 11.3 Å². The van der Waals surface area contributed by atoms with Crippen molar-refractivity contribution in [2.24, 2.45) is 11.3 Å². The van der Waals surface area contributed by atoms with Crippen molar-refractivity contribution in [1.29, 1.82) is 0 Å². The van der Waals surface area contributed by atoms with Crippen LogP contribution in [0.1, 0.15) is 76.8 Å². The number of carbonyl (C=O) groups excluding carboxylic acids is 4. The number of nitrogens with zero attached hydrogens (tertiary/aromatic N) is 7. The Morgan fingerprint density at radius 1 is 1.14 bits per heavy atom. The van der Waals surface area contributed by atoms with Gasteiger partial charge in [0.25, 0.3) is 5.91 Å². The summed E-state index contributed by atoms with van der Waals surface area (Å²) >= 11 is 1.41. The SMILES string of the molecule is CCn1c(-c2cccnc2[C@H](C)OC)c2c3cc(ccc31)-c1csc(n1)C[C@H](NC(=O)[C@H](C(C)C)N(C)C(=O)N1CCOC[C@@H]1CN(C)C)C(=O)N1CCC[C@@]([Si])(N1)C(=O)OCC(C)(C)C2. The number of hydrogen-bond donors (Lipinski definition) is 2. The average molecular weight is 941 g/mol. The lowest BCUT2D eigenvalue weighted by molar-refractivity contribution is -0.158. The number of amides is 4. The molecule has 3 aromatic heterocycles. The van der Waals surface area contributed by atoms with Crippen LogP contribution in [0.4, 0.5) is 4.79 Å². The number of rotatable bonds is 10. The lowest BCUT2D eigenvalue weighted by Crippen LogP contribution is -2.68. The number of thiazole rings is 1. The largest absolute Gasteiger partial charge is 0.464 e. The zero-order valence-corrected chi connectivity index (χ0v) is 41.9. The number of nitrogens with one attached hydrogen (secondary N) is 2. The third-order valence-electron chi connectivity index (χ3n) is 12.9. The Kier molecular flexibility index (Phi) is 15.1. The standard InChI is InChI=1S/C48H66N9O7SSi/c1-11-55-38-16-15-31-22-34(38)35(42(55)33-14-12-18-49-40(33)30(4)62-10)24-47(5,6)28-64-45(60)48(66)17-13-19-57(52-48)44(59)36(23-39-50-37(31)27-65-39)51-43(58)41(29(2)3)54(9)46(61)56-20-21-63-26-32(56)25-53(7)8/h12,14-16,18,22,27,29-30,32,36,41,52H,11,13,17,19-21,23-26,28H2,1-10H3,(H,51,58)/t30-,32-,36-,41-,48-/m0/s1. The number of esters is 1. The second-order valence-electron chi connectivity index (χ2n) is 19.3. The first-order chi connectivity index (χ1) is 31.4. The van der Waals surface area contributed by atoms with Gasteiger partial charge in [0.15, 0.2) is 0 Å². The van der Waals surface area contributed by atoms with E-state index in [-0.39, 0.29) is 43.7 Å². The lowest BCUT2D eigenvalue weighted by Gasteiger charge is -2.42. The number of morpholine rings is 1. The minimum Gasteiger partial charge on any atom is -0.464 e. The Bertz CT molecular complexity index is 2420. The van der Waals surface area contributed by atoms with Crippen LogP contribution in [0.2, 0.25) is 0 Å². The van der Waals surface area contributed by atoms with Crippen molar-refractivity contribution in [3.63, 3.8) is 0 Å². The van der Waals surface area contributed by atoms with E-state index in [4.69, 9.17) is 24.2 Å². The quantitative estimate of drug-likeness (QED) is 0.162. The maximum absolute atomic E-state index is 14.8. The van der Waals surface area contributed by atoms with Crippen LogP contribution in [0.25, 0.3) is 33.4 Å². The Balaban J connectivity index is 1.29. The number of methoxy groups -OCH3 is 1. The first-order valence-corrected chi connectivity index (χ1v) is 24.4. The number of hydrazine groups is 1. The monoisotopic (exact) mass is 940 g/mol. The van der Waals surface area contributed by atoms with Crippen LogP contribution in [0.3, 0.4) is 0 Å². The van der Waals surface area contributed by atoms with Crippen LogP contribution < -0.4 is 10.7 Å². The topological polar surface area (TPSA) is 164 Å². The van der Waals surface area contributed by atoms with E-state index in [1.54, 1.807) is 25.3 Å². The van der Waals surface area contributed by atoms with Gasteiger partial charge in [-0.2, -0.15) is 0 Å². The lowest BCUT2D eigenvalue weighted by atomic mass is 9.84. The fourth-order valence-corrected chi connectivity index (χ4v) is 10.8. The summed E-state index contributed by atoms with van der Waals surface area (Å²) in [7, 11) is 11.0. The number of ether oxygens (including phenoxy) is 3. The molecule has 18 heteroatoms. The molecule has 6 bridgehead atoms. The minimum atomic E-state index is -1.41. The number of urea groups is 1. The Morgan fingerprint density at radius 2 is 1.91 bits per heavy atom. The summed E-state index contributed by atoms with van der Waals surface area (Å²) in [4.78, 5) is 72.9. The van der Waals surface area contributed by atoms with Crippen molar-refractivity contribution in [2.75, 3.05) is 67.7 Å². The molecule has 1 aromatic carbocycles. The number of pyridine rings is 1. The van der Waals surface area contributed by atoms with E-state index in [1.807, 2.05) is 51.2 Å². The second kappa shape index (κ2) is 20.2. The van der Waals surface area contributed by atoms with Gasteiger partial charge in [0.1, 0.15) is 17.2 Å². The Hall–Kier alpha value is -4.72. The van der Waals surface area contributed by atoms with Crippen molar-refractivity contribution in [1.82, 2.24) is 45.0 Å². The van der Waals surface area contributed by atoms with Crippen LogP contribution in [-0.2, 0) is 48.0 Å². The normalized spacial score (nSPS) is 22.6. The number of benzene rings is 1. The smallest absolute Gasteiger partial charge is 0.323 e. The molecule has 0 spiro atoms. The summed E-state index contributed by atoms with van der Waals surface area (Å²) in [5.41, 5.74) is 9.24. The number of aryl methyl sites for hydroxylation is 1. The third-order valence-corrected chi connectivity index (χ3v) is 14.4. The van der Waals surface area contributed by atoms with Gasteiger partial charge in [0.2, 0.25) is 5.91 Å². The first-order valence-electron chi connectivity index (χ1n) is 23.0. The summed E-state index contributed by atoms with van der Waals surface area (Å²) in [5.74, 6) is -1.76. The van der Waals surface area contributed by atoms with Gasteiger partial charge >= 0.3 is 12.0 Å². The third kappa shape index (κ3) is 10.2. The minimum absolute atomic E-state index is 0.0724. The van der Waals surface area contributed by atoms with Crippen LogP contribution >= 0.6 is 11.3 Å². The van der Waals surface area contributed by atoms with Gasteiger partial charge in [0, 0.05) is 85.8 Å². The van der Waals surface area contributed by atoms with Crippen LogP contribution in [0.15, 0.2) is 41.9 Å². The molecule has 2 fully saturated rings. The van der Waals surface area contributed by atoms with Gasteiger partial charge in [0.05, 0.1) is 64.3 Å². The highest BCUT2D eigenvalue weighted by atomic mass is 32.1. The van der Waals surface area contributed by atoms with Crippen LogP contribution in [0, 0.1) is 11.3 Å². The maximum Gasteiger partial charge on any atom is 0.323 e. The van der Waals surface area contributed by atoms with Gasteiger partial charge in [-0.25, -0.2) is 15.2 Å². The molecule has 7 rings (SSSR count). The van der Waals surface area contributed by atoms with Gasteiger partial charge < -0.3 is 38.8 Å². The number of cyclic esters (lactones) is 1. The van der Waals surface area contributed by atoms with Crippen molar-refractivity contribution < 1.29 is 33.4 Å². The molecule has 2 N–H and O–H groups in total. The molecule has 3 aliphatic rings. The fourth-order valence-electron chi connectivity index (χ4n) is 9.61. The molecule has 0 saturated carbocycles. The van der Waals surface area contributed by atoms with Crippen LogP contribution in [-0.4, -0.2) is 159 Å². The summed E-state index contributed by atoms with van der Waals surface area (Å²) in [6, 6.07) is 7.95. The number of hydrogen-bond acceptors (Lipinski definition) is 12. The average Bonchev–Trinajstić information content (AvgIpc) is 3.88. The molecular formula is C48H66N9O7SSi. The van der Waals surface area contributed by atoms with Crippen molar-refractivity contribution >= 4 is 56.3 Å². The molecule has 5 atom stereocenters. The van der Waals surface area contributed by atoms with Gasteiger partial charge in [-0.05, 0) is 83.0 Å². The van der Waals surface area contributed by atoms with E-state index in [0.717, 1.165) is 44.7 Å². The highest BCUT2D eigenvalue weighted by Gasteiger charge is 2.44. The maximum atomic E-state index is 14.8. The van der Waals surface area contributed by atoms with E-state index in [2.05, 4.69) is 70.6 Å². The molecule has 16 nitrogen and oxygen atoms in total. The van der Waals surface area contributed by atoms with E-state index in [1.165, 1.54) is 21.2 Å². The molecule has 0 aliphatic carbocycles. The number of fused-ring (bicyclic) bond motifs is 6. The highest BCUT2D eigenvalue weighted by Crippen LogP contribution is 2.42. The van der Waals surface area contributed by atoms with E-state index < -0.39 is 40.4 Å². The molecule has 355 valence electrons. The zero-order valence-electron chi connectivity index (χ0n) is 40.1. The van der Waals surface area contributed by atoms with E-state index in [0.29, 0.717) is 57.1 Å². The molecule has 6 heterocycles. The fraction of sp³-hybridized carbons (Fsp3) is 0.583. The first kappa shape index (κ1) is 49.2. The van der Waals surface area contributed by atoms with Crippen LogP contribution in [0.5, 0.6) is 0 Å². The second-order valence-corrected chi connectivity index (χ2v) is 21.1. The molecule has 4 amide bonds. The molecule has 66 heavy (non-hydrogen) atoms. The molecule has 4 aromatic rings. The Labute approximate surface area is 396 Å². The van der Waals surface area contributed by atoms with Crippen molar-refractivity contribution in [3.05, 3.63) is 58.2 Å². The van der Waals surface area contributed by atoms with Gasteiger partial charge in [-0.1, -0.05) is 33.8 Å². The number of carbonyl (C=O) groups is 4. The molecule has 3 aliphatic heterocycles. The summed E-state index contributed by atoms with van der Waals surface area (Å²) < 4.78 is 20.0. The van der Waals surface area contributed by atoms with E-state index >= 15 is 0 Å². The zero-order chi connectivity index (χ0) is 47.7. The predicted molar refractivity (Wildman–Crippen MR) is 256 cm³/mol. The summed E-state index contributed by atoms with van der Waals surface area (Å²) in [6.07, 6.45) is 3.01. The molecule has 2 saturated heterocycles.